The Morgan fingerprint density at radius 3 is 1.87 bits per heavy atom. The average molecular weight is 298 g/mol. The van der Waals surface area contributed by atoms with Crippen molar-refractivity contribution in [2.24, 2.45) is 0 Å². The summed E-state index contributed by atoms with van der Waals surface area (Å²) < 4.78 is 35.6. The number of benzene rings is 1. The summed E-state index contributed by atoms with van der Waals surface area (Å²) in [6.45, 7) is 0. The van der Waals surface area contributed by atoms with E-state index in [9.17, 15) is 13.2 Å². The Hall–Kier alpha value is 0.170. The maximum absolute atomic E-state index is 12.6. The number of halogens is 7. The van der Waals surface area contributed by atoms with Crippen LogP contribution in [-0.4, -0.2) is 0 Å². The molecule has 0 spiro atoms. The van der Waals surface area contributed by atoms with Crippen LogP contribution in [0.2, 0.25) is 5.02 Å². The zero-order valence-corrected chi connectivity index (χ0v) is 9.90. The predicted molar refractivity (Wildman–Crippen MR) is 55.7 cm³/mol. The van der Waals surface area contributed by atoms with Gasteiger partial charge in [0.2, 0.25) is 3.79 Å². The van der Waals surface area contributed by atoms with Crippen LogP contribution in [0.3, 0.4) is 0 Å². The van der Waals surface area contributed by atoms with Crippen molar-refractivity contribution < 1.29 is 13.2 Å². The zero-order chi connectivity index (χ0) is 11.9. The lowest BCUT2D eigenvalue weighted by Gasteiger charge is -2.19. The Morgan fingerprint density at radius 2 is 1.53 bits per heavy atom. The SMILES string of the molecule is FC(F)(F)c1c(Cl)cccc1C(Cl)(Cl)Cl. The van der Waals surface area contributed by atoms with Crippen LogP contribution < -0.4 is 0 Å². The molecule has 84 valence electrons. The first-order valence-electron chi connectivity index (χ1n) is 3.57. The van der Waals surface area contributed by atoms with E-state index in [-0.39, 0.29) is 0 Å². The molecule has 0 radical (unpaired) electrons. The van der Waals surface area contributed by atoms with E-state index >= 15 is 0 Å². The lowest BCUT2D eigenvalue weighted by atomic mass is 10.1. The van der Waals surface area contributed by atoms with Gasteiger partial charge in [-0.15, -0.1) is 0 Å². The summed E-state index contributed by atoms with van der Waals surface area (Å²) in [5.41, 5.74) is -1.60. The molecule has 0 saturated heterocycles. The fourth-order valence-electron chi connectivity index (χ4n) is 1.05. The summed E-state index contributed by atoms with van der Waals surface area (Å²) in [4.78, 5) is 0. The van der Waals surface area contributed by atoms with Crippen molar-refractivity contribution in [3.05, 3.63) is 34.3 Å². The quantitative estimate of drug-likeness (QED) is 0.578. The van der Waals surface area contributed by atoms with E-state index in [1.54, 1.807) is 0 Å². The Kier molecular flexibility index (Phi) is 3.71. The van der Waals surface area contributed by atoms with Crippen LogP contribution in [0.25, 0.3) is 0 Å². The number of alkyl halides is 6. The first-order valence-corrected chi connectivity index (χ1v) is 5.08. The minimum absolute atomic E-state index is 0.479. The van der Waals surface area contributed by atoms with Gasteiger partial charge in [-0.2, -0.15) is 13.2 Å². The van der Waals surface area contributed by atoms with E-state index in [2.05, 4.69) is 0 Å². The first-order chi connectivity index (χ1) is 6.64. The van der Waals surface area contributed by atoms with Crippen LogP contribution in [0.4, 0.5) is 13.2 Å². The van der Waals surface area contributed by atoms with Crippen molar-refractivity contribution in [1.82, 2.24) is 0 Å². The van der Waals surface area contributed by atoms with Gasteiger partial charge in [0, 0.05) is 5.56 Å². The lowest BCUT2D eigenvalue weighted by molar-refractivity contribution is -0.138. The fraction of sp³-hybridized carbons (Fsp3) is 0.250. The standard InChI is InChI=1S/C8H3Cl4F3/c9-5-3-1-2-4(7(10,11)12)6(5)8(13,14)15/h1-3H. The van der Waals surface area contributed by atoms with Crippen LogP contribution >= 0.6 is 46.4 Å². The van der Waals surface area contributed by atoms with Gasteiger partial charge in [0.25, 0.3) is 0 Å². The maximum atomic E-state index is 12.6. The predicted octanol–water partition coefficient (Wildman–Crippen LogP) is 5.19. The summed E-state index contributed by atoms with van der Waals surface area (Å²) in [5.74, 6) is 0. The minimum Gasteiger partial charge on any atom is -0.166 e. The molecule has 0 unspecified atom stereocenters. The molecule has 0 amide bonds. The third-order valence-corrected chi connectivity index (χ3v) is 2.53. The molecule has 1 aromatic rings. The summed E-state index contributed by atoms with van der Waals surface area (Å²) in [7, 11) is 0. The Balaban J connectivity index is 3.48. The molecule has 1 rings (SSSR count). The smallest absolute Gasteiger partial charge is 0.166 e. The fourth-order valence-corrected chi connectivity index (χ4v) is 1.80. The molecular weight excluding hydrogens is 295 g/mol. The van der Waals surface area contributed by atoms with Crippen LogP contribution in [0.5, 0.6) is 0 Å². The van der Waals surface area contributed by atoms with E-state index < -0.39 is 26.1 Å². The molecule has 7 heteroatoms. The molecule has 0 bridgehead atoms. The normalized spacial score (nSPS) is 13.0. The second-order valence-corrected chi connectivity index (χ2v) is 5.35. The third-order valence-electron chi connectivity index (χ3n) is 1.60. The molecule has 0 aliphatic rings. The molecule has 0 nitrogen and oxygen atoms in total. The molecule has 0 aliphatic carbocycles. The van der Waals surface area contributed by atoms with Crippen molar-refractivity contribution in [1.29, 1.82) is 0 Å². The van der Waals surface area contributed by atoms with Crippen molar-refractivity contribution >= 4 is 46.4 Å². The van der Waals surface area contributed by atoms with Gasteiger partial charge in [0.05, 0.1) is 10.6 Å². The summed E-state index contributed by atoms with van der Waals surface area (Å²) in [6, 6.07) is 3.45. The summed E-state index contributed by atoms with van der Waals surface area (Å²) >= 11 is 21.7. The molecule has 0 N–H and O–H groups in total. The molecule has 0 fully saturated rings. The van der Waals surface area contributed by atoms with E-state index in [0.717, 1.165) is 12.1 Å². The van der Waals surface area contributed by atoms with Gasteiger partial charge in [-0.1, -0.05) is 58.5 Å². The summed E-state index contributed by atoms with van der Waals surface area (Å²) in [6.07, 6.45) is -4.66. The highest BCUT2D eigenvalue weighted by atomic mass is 35.6. The van der Waals surface area contributed by atoms with Crippen molar-refractivity contribution in [3.63, 3.8) is 0 Å². The topological polar surface area (TPSA) is 0 Å². The average Bonchev–Trinajstić information content (AvgIpc) is 1.99. The van der Waals surface area contributed by atoms with Gasteiger partial charge < -0.3 is 0 Å². The van der Waals surface area contributed by atoms with Gasteiger partial charge in [-0.05, 0) is 6.07 Å². The van der Waals surface area contributed by atoms with Gasteiger partial charge in [-0.25, -0.2) is 0 Å². The lowest BCUT2D eigenvalue weighted by Crippen LogP contribution is -2.14. The minimum atomic E-state index is -4.66. The number of rotatable bonds is 0. The van der Waals surface area contributed by atoms with Crippen LogP contribution in [0.15, 0.2) is 18.2 Å². The monoisotopic (exact) mass is 296 g/mol. The molecule has 0 saturated carbocycles. The molecular formula is C8H3Cl4F3. The third kappa shape index (κ3) is 3.06. The second-order valence-electron chi connectivity index (χ2n) is 2.66. The Labute approximate surface area is 104 Å². The van der Waals surface area contributed by atoms with Crippen LogP contribution in [0.1, 0.15) is 11.1 Å². The van der Waals surface area contributed by atoms with Gasteiger partial charge in [-0.3, -0.25) is 0 Å². The highest BCUT2D eigenvalue weighted by Crippen LogP contribution is 2.47. The molecule has 0 aliphatic heterocycles. The van der Waals surface area contributed by atoms with Crippen molar-refractivity contribution in [2.75, 3.05) is 0 Å². The van der Waals surface area contributed by atoms with Gasteiger partial charge in [0.15, 0.2) is 0 Å². The molecule has 15 heavy (non-hydrogen) atoms. The van der Waals surface area contributed by atoms with Crippen LogP contribution in [-0.2, 0) is 9.97 Å². The maximum Gasteiger partial charge on any atom is 0.418 e. The van der Waals surface area contributed by atoms with Crippen LogP contribution in [0, 0.1) is 0 Å². The van der Waals surface area contributed by atoms with Crippen molar-refractivity contribution in [3.8, 4) is 0 Å². The van der Waals surface area contributed by atoms with Crippen molar-refractivity contribution in [2.45, 2.75) is 9.97 Å². The Morgan fingerprint density at radius 1 is 1.00 bits per heavy atom. The molecule has 0 atom stereocenters. The van der Waals surface area contributed by atoms with Gasteiger partial charge in [0.1, 0.15) is 0 Å². The van der Waals surface area contributed by atoms with E-state index in [4.69, 9.17) is 46.4 Å². The highest BCUT2D eigenvalue weighted by Gasteiger charge is 2.41. The van der Waals surface area contributed by atoms with E-state index in [1.807, 2.05) is 0 Å². The molecule has 0 heterocycles. The second kappa shape index (κ2) is 4.21. The zero-order valence-electron chi connectivity index (χ0n) is 6.88. The number of hydrogen-bond donors (Lipinski definition) is 0. The largest absolute Gasteiger partial charge is 0.418 e. The first kappa shape index (κ1) is 13.2. The highest BCUT2D eigenvalue weighted by molar-refractivity contribution is 6.66. The van der Waals surface area contributed by atoms with E-state index in [1.165, 1.54) is 6.07 Å². The molecule has 1 aromatic carbocycles. The van der Waals surface area contributed by atoms with E-state index in [0.29, 0.717) is 0 Å². The van der Waals surface area contributed by atoms with Gasteiger partial charge >= 0.3 is 6.18 Å². The summed E-state index contributed by atoms with van der Waals surface area (Å²) in [5, 5.41) is -0.494. The molecule has 0 aromatic heterocycles. The number of hydrogen-bond acceptors (Lipinski definition) is 0. The Bertz CT molecular complexity index is 367.